The Balaban J connectivity index is 2.61. The fraction of sp³-hybridized carbons (Fsp3) is 0.833. The molecular formula is C12H21F2N. The molecule has 0 saturated heterocycles. The summed E-state index contributed by atoms with van der Waals surface area (Å²) in [6.45, 7) is 2.48. The molecule has 0 radical (unpaired) electrons. The van der Waals surface area contributed by atoms with E-state index in [2.05, 4.69) is 5.32 Å². The number of hydrogen-bond donors (Lipinski definition) is 1. The molecule has 0 aliphatic heterocycles. The Morgan fingerprint density at radius 1 is 1.27 bits per heavy atom. The fourth-order valence-corrected chi connectivity index (χ4v) is 2.10. The van der Waals surface area contributed by atoms with Gasteiger partial charge in [0.2, 0.25) is 0 Å². The zero-order valence-electron chi connectivity index (χ0n) is 9.44. The highest BCUT2D eigenvalue weighted by Crippen LogP contribution is 2.22. The molecule has 0 aromatic carbocycles. The number of alkyl halides is 2. The summed E-state index contributed by atoms with van der Waals surface area (Å²) in [7, 11) is 0. The lowest BCUT2D eigenvalue weighted by atomic mass is 9.95. The van der Waals surface area contributed by atoms with Gasteiger partial charge in [0.05, 0.1) is 6.04 Å². The summed E-state index contributed by atoms with van der Waals surface area (Å²) in [4.78, 5) is 0. The molecule has 3 heteroatoms. The smallest absolute Gasteiger partial charge is 0.257 e. The summed E-state index contributed by atoms with van der Waals surface area (Å²) >= 11 is 0. The zero-order valence-corrected chi connectivity index (χ0v) is 9.44. The van der Waals surface area contributed by atoms with Crippen molar-refractivity contribution < 1.29 is 8.78 Å². The molecule has 0 saturated carbocycles. The lowest BCUT2D eigenvalue weighted by Gasteiger charge is -2.22. The molecule has 0 fully saturated rings. The molecule has 15 heavy (non-hydrogen) atoms. The van der Waals surface area contributed by atoms with Gasteiger partial charge in [-0.05, 0) is 32.2 Å². The molecule has 0 amide bonds. The van der Waals surface area contributed by atoms with Crippen molar-refractivity contribution in [1.82, 2.24) is 5.32 Å². The van der Waals surface area contributed by atoms with E-state index in [0.717, 1.165) is 31.3 Å². The van der Waals surface area contributed by atoms with Crippen molar-refractivity contribution in [3.8, 4) is 0 Å². The van der Waals surface area contributed by atoms with Gasteiger partial charge in [-0.25, -0.2) is 8.78 Å². The van der Waals surface area contributed by atoms with Gasteiger partial charge in [0.1, 0.15) is 0 Å². The van der Waals surface area contributed by atoms with Crippen molar-refractivity contribution in [2.24, 2.45) is 0 Å². The van der Waals surface area contributed by atoms with Crippen molar-refractivity contribution in [2.75, 3.05) is 6.54 Å². The standard InChI is InChI=1S/C12H21F2N/c1-2-15-11(12(13)14)10-8-6-4-3-5-7-9-10/h8,11-12,15H,2-7,9H2,1H3. The third-order valence-corrected chi connectivity index (χ3v) is 2.90. The summed E-state index contributed by atoms with van der Waals surface area (Å²) in [5, 5.41) is 2.88. The highest BCUT2D eigenvalue weighted by atomic mass is 19.3. The Morgan fingerprint density at radius 3 is 2.67 bits per heavy atom. The van der Waals surface area contributed by atoms with Crippen LogP contribution in [0.15, 0.2) is 11.6 Å². The first-order valence-corrected chi connectivity index (χ1v) is 5.96. The monoisotopic (exact) mass is 217 g/mol. The van der Waals surface area contributed by atoms with E-state index >= 15 is 0 Å². The molecular weight excluding hydrogens is 196 g/mol. The topological polar surface area (TPSA) is 12.0 Å². The molecule has 0 bridgehead atoms. The lowest BCUT2D eigenvalue weighted by molar-refractivity contribution is 0.112. The Kier molecular flexibility index (Phi) is 5.84. The minimum Gasteiger partial charge on any atom is -0.306 e. The molecule has 0 aromatic rings. The van der Waals surface area contributed by atoms with E-state index in [0.29, 0.717) is 6.54 Å². The van der Waals surface area contributed by atoms with Crippen molar-refractivity contribution in [1.29, 1.82) is 0 Å². The minimum absolute atomic E-state index is 0.604. The van der Waals surface area contributed by atoms with E-state index in [4.69, 9.17) is 0 Å². The van der Waals surface area contributed by atoms with E-state index in [1.54, 1.807) is 0 Å². The molecule has 1 rings (SSSR count). The summed E-state index contributed by atoms with van der Waals surface area (Å²) in [6.07, 6.45) is 6.16. The van der Waals surface area contributed by atoms with Gasteiger partial charge in [0, 0.05) is 0 Å². The van der Waals surface area contributed by atoms with Crippen molar-refractivity contribution in [3.05, 3.63) is 11.6 Å². The second kappa shape index (κ2) is 6.94. The van der Waals surface area contributed by atoms with Gasteiger partial charge in [0.15, 0.2) is 0 Å². The molecule has 1 N–H and O–H groups in total. The van der Waals surface area contributed by atoms with Gasteiger partial charge in [-0.15, -0.1) is 0 Å². The number of halogens is 2. The third-order valence-electron chi connectivity index (χ3n) is 2.90. The predicted molar refractivity (Wildman–Crippen MR) is 59.3 cm³/mol. The van der Waals surface area contributed by atoms with Crippen molar-refractivity contribution in [3.63, 3.8) is 0 Å². The number of likely N-dealkylation sites (N-methyl/N-ethyl adjacent to an activating group) is 1. The fourth-order valence-electron chi connectivity index (χ4n) is 2.10. The SMILES string of the molecule is CCNC(C1=CCCCCCC1)C(F)F. The van der Waals surface area contributed by atoms with E-state index in [-0.39, 0.29) is 0 Å². The first-order chi connectivity index (χ1) is 7.25. The Bertz CT molecular complexity index is 202. The molecule has 1 atom stereocenters. The average Bonchev–Trinajstić information content (AvgIpc) is 2.14. The van der Waals surface area contributed by atoms with Crippen LogP contribution in [0.25, 0.3) is 0 Å². The third kappa shape index (κ3) is 4.29. The number of hydrogen-bond acceptors (Lipinski definition) is 1. The maximum absolute atomic E-state index is 12.8. The van der Waals surface area contributed by atoms with E-state index in [9.17, 15) is 8.78 Å². The zero-order chi connectivity index (χ0) is 11.1. The molecule has 0 heterocycles. The summed E-state index contributed by atoms with van der Waals surface area (Å²) in [5.74, 6) is 0. The van der Waals surface area contributed by atoms with Gasteiger partial charge < -0.3 is 5.32 Å². The second-order valence-electron chi connectivity index (χ2n) is 4.10. The van der Waals surface area contributed by atoms with Crippen LogP contribution in [0.1, 0.15) is 45.4 Å². The van der Waals surface area contributed by atoms with Crippen LogP contribution in [0.2, 0.25) is 0 Å². The molecule has 1 unspecified atom stereocenters. The Labute approximate surface area is 90.9 Å². The quantitative estimate of drug-likeness (QED) is 0.710. The highest BCUT2D eigenvalue weighted by Gasteiger charge is 2.23. The molecule has 88 valence electrons. The first kappa shape index (κ1) is 12.6. The molecule has 0 aromatic heterocycles. The first-order valence-electron chi connectivity index (χ1n) is 5.96. The normalized spacial score (nSPS) is 20.7. The largest absolute Gasteiger partial charge is 0.306 e. The molecule has 0 spiro atoms. The number of rotatable bonds is 4. The number of nitrogens with one attached hydrogen (secondary N) is 1. The summed E-state index contributed by atoms with van der Waals surface area (Å²) in [5.41, 5.74) is 0.923. The average molecular weight is 217 g/mol. The minimum atomic E-state index is -2.28. The van der Waals surface area contributed by atoms with Gasteiger partial charge in [0.25, 0.3) is 6.43 Å². The lowest BCUT2D eigenvalue weighted by Crippen LogP contribution is -2.37. The predicted octanol–water partition coefficient (Wildman–Crippen LogP) is 3.51. The van der Waals surface area contributed by atoms with Crippen LogP contribution in [0.3, 0.4) is 0 Å². The maximum atomic E-state index is 12.8. The number of allylic oxidation sites excluding steroid dienone is 1. The molecule has 1 aliphatic rings. The van der Waals surface area contributed by atoms with Crippen LogP contribution in [0.4, 0.5) is 8.78 Å². The van der Waals surface area contributed by atoms with Crippen LogP contribution in [-0.2, 0) is 0 Å². The summed E-state index contributed by atoms with van der Waals surface area (Å²) < 4.78 is 25.6. The molecule has 1 nitrogen and oxygen atoms in total. The van der Waals surface area contributed by atoms with Crippen molar-refractivity contribution >= 4 is 0 Å². The van der Waals surface area contributed by atoms with Crippen LogP contribution in [-0.4, -0.2) is 19.0 Å². The van der Waals surface area contributed by atoms with Gasteiger partial charge >= 0.3 is 0 Å². The van der Waals surface area contributed by atoms with Gasteiger partial charge in [-0.1, -0.05) is 31.4 Å². The van der Waals surface area contributed by atoms with Crippen LogP contribution < -0.4 is 5.32 Å². The van der Waals surface area contributed by atoms with E-state index in [1.807, 2.05) is 13.0 Å². The Morgan fingerprint density at radius 2 is 2.00 bits per heavy atom. The van der Waals surface area contributed by atoms with Crippen LogP contribution >= 0.6 is 0 Å². The molecule has 1 aliphatic carbocycles. The van der Waals surface area contributed by atoms with Crippen LogP contribution in [0, 0.1) is 0 Å². The van der Waals surface area contributed by atoms with Crippen molar-refractivity contribution in [2.45, 2.75) is 57.9 Å². The Hall–Kier alpha value is -0.440. The van der Waals surface area contributed by atoms with E-state index < -0.39 is 12.5 Å². The maximum Gasteiger partial charge on any atom is 0.257 e. The van der Waals surface area contributed by atoms with E-state index in [1.165, 1.54) is 12.8 Å². The highest BCUT2D eigenvalue weighted by molar-refractivity contribution is 5.12. The van der Waals surface area contributed by atoms with Gasteiger partial charge in [-0.2, -0.15) is 0 Å². The van der Waals surface area contributed by atoms with Crippen LogP contribution in [0.5, 0.6) is 0 Å². The second-order valence-corrected chi connectivity index (χ2v) is 4.10. The summed E-state index contributed by atoms with van der Waals surface area (Å²) in [6, 6.07) is -0.715. The van der Waals surface area contributed by atoms with Gasteiger partial charge in [-0.3, -0.25) is 0 Å².